The first kappa shape index (κ1) is 19.8. The van der Waals surface area contributed by atoms with E-state index in [1.165, 1.54) is 0 Å². The molecule has 2 amide bonds. The van der Waals surface area contributed by atoms with Crippen molar-refractivity contribution in [3.05, 3.63) is 35.9 Å². The molecule has 25 heavy (non-hydrogen) atoms. The average Bonchev–Trinajstić information content (AvgIpc) is 2.84. The van der Waals surface area contributed by atoms with Gasteiger partial charge in [-0.1, -0.05) is 18.2 Å². The molecule has 0 unspecified atom stereocenters. The molecule has 1 saturated heterocycles. The number of nitrogens with one attached hydrogen (secondary N) is 2. The lowest BCUT2D eigenvalue weighted by Gasteiger charge is -2.27. The summed E-state index contributed by atoms with van der Waals surface area (Å²) >= 11 is 1.58. The third-order valence-corrected chi connectivity index (χ3v) is 6.74. The van der Waals surface area contributed by atoms with Crippen LogP contribution in [0, 0.1) is 0 Å². The van der Waals surface area contributed by atoms with Gasteiger partial charge in [-0.25, -0.2) is 8.42 Å². The highest BCUT2D eigenvalue weighted by Gasteiger charge is 2.40. The van der Waals surface area contributed by atoms with E-state index in [-0.39, 0.29) is 23.3 Å². The van der Waals surface area contributed by atoms with E-state index in [2.05, 4.69) is 10.6 Å². The van der Waals surface area contributed by atoms with Crippen molar-refractivity contribution in [3.8, 4) is 0 Å². The molecule has 2 N–H and O–H groups in total. The Morgan fingerprint density at radius 1 is 1.28 bits per heavy atom. The van der Waals surface area contributed by atoms with Crippen LogP contribution in [0.4, 0.5) is 0 Å². The maximum atomic E-state index is 12.7. The lowest BCUT2D eigenvalue weighted by molar-refractivity contribution is -0.124. The van der Waals surface area contributed by atoms with Gasteiger partial charge < -0.3 is 10.6 Å². The Bertz CT molecular complexity index is 721. The second-order valence-electron chi connectivity index (χ2n) is 6.57. The predicted molar refractivity (Wildman–Crippen MR) is 101 cm³/mol. The quantitative estimate of drug-likeness (QED) is 0.738. The van der Waals surface area contributed by atoms with Crippen LogP contribution < -0.4 is 10.6 Å². The molecule has 0 bridgehead atoms. The first-order chi connectivity index (χ1) is 11.7. The highest BCUT2D eigenvalue weighted by Crippen LogP contribution is 2.23. The molecule has 1 fully saturated rings. The molecule has 1 aliphatic heterocycles. The molecule has 1 heterocycles. The van der Waals surface area contributed by atoms with Crippen LogP contribution in [0.15, 0.2) is 30.3 Å². The van der Waals surface area contributed by atoms with Gasteiger partial charge in [-0.15, -0.1) is 0 Å². The van der Waals surface area contributed by atoms with Crippen molar-refractivity contribution in [3.63, 3.8) is 0 Å². The summed E-state index contributed by atoms with van der Waals surface area (Å²) in [6.45, 7) is 1.74. The predicted octanol–water partition coefficient (Wildman–Crippen LogP) is 1.23. The second-order valence-corrected chi connectivity index (χ2v) is 9.74. The fourth-order valence-corrected chi connectivity index (χ4v) is 5.39. The van der Waals surface area contributed by atoms with E-state index >= 15 is 0 Å². The van der Waals surface area contributed by atoms with Crippen molar-refractivity contribution < 1.29 is 18.0 Å². The van der Waals surface area contributed by atoms with E-state index in [9.17, 15) is 18.0 Å². The Morgan fingerprint density at radius 3 is 2.52 bits per heavy atom. The molecule has 0 saturated carbocycles. The van der Waals surface area contributed by atoms with Crippen molar-refractivity contribution in [1.29, 1.82) is 0 Å². The number of hydrogen-bond acceptors (Lipinski definition) is 5. The molecule has 0 radical (unpaired) electrons. The van der Waals surface area contributed by atoms with Gasteiger partial charge in [-0.05, 0) is 43.9 Å². The van der Waals surface area contributed by atoms with E-state index in [0.717, 1.165) is 0 Å². The van der Waals surface area contributed by atoms with Crippen molar-refractivity contribution in [2.45, 2.75) is 31.3 Å². The van der Waals surface area contributed by atoms with E-state index in [0.29, 0.717) is 24.2 Å². The van der Waals surface area contributed by atoms with Gasteiger partial charge in [0.05, 0.1) is 17.0 Å². The van der Waals surface area contributed by atoms with Gasteiger partial charge >= 0.3 is 0 Å². The summed E-state index contributed by atoms with van der Waals surface area (Å²) in [4.78, 5) is 25.0. The Kier molecular flexibility index (Phi) is 6.51. The van der Waals surface area contributed by atoms with Crippen LogP contribution in [0.3, 0.4) is 0 Å². The number of carbonyl (C=O) groups is 2. The summed E-state index contributed by atoms with van der Waals surface area (Å²) in [5, 5.41) is 5.60. The zero-order chi connectivity index (χ0) is 18.5. The van der Waals surface area contributed by atoms with Gasteiger partial charge in [-0.3, -0.25) is 9.59 Å². The van der Waals surface area contributed by atoms with Crippen LogP contribution in [-0.2, 0) is 14.6 Å². The first-order valence-corrected chi connectivity index (χ1v) is 11.3. The van der Waals surface area contributed by atoms with E-state index in [4.69, 9.17) is 0 Å². The number of thioether (sulfide) groups is 1. The van der Waals surface area contributed by atoms with Crippen molar-refractivity contribution >= 4 is 33.4 Å². The minimum Gasteiger partial charge on any atom is -0.348 e. The zero-order valence-electron chi connectivity index (χ0n) is 14.4. The molecule has 2 atom stereocenters. The fourth-order valence-electron chi connectivity index (χ4n) is 2.83. The topological polar surface area (TPSA) is 92.3 Å². The highest BCUT2D eigenvalue weighted by molar-refractivity contribution is 7.98. The second kappa shape index (κ2) is 8.23. The Labute approximate surface area is 153 Å². The lowest BCUT2D eigenvalue weighted by atomic mass is 10.0. The number of carbonyl (C=O) groups excluding carboxylic acids is 2. The Hall–Kier alpha value is -1.54. The normalized spacial score (nSPS) is 23.0. The van der Waals surface area contributed by atoms with Crippen molar-refractivity contribution in [2.75, 3.05) is 23.5 Å². The summed E-state index contributed by atoms with van der Waals surface area (Å²) in [6, 6.07) is 8.01. The van der Waals surface area contributed by atoms with Crippen LogP contribution in [0.5, 0.6) is 0 Å². The summed E-state index contributed by atoms with van der Waals surface area (Å²) in [5.41, 5.74) is -0.288. The van der Waals surface area contributed by atoms with Crippen LogP contribution in [0.1, 0.15) is 30.1 Å². The maximum Gasteiger partial charge on any atom is 0.251 e. The number of amides is 2. The SMILES string of the molecule is CSCC[C@H](NC(=O)c1ccccc1)C(=O)N[C@@]1(C)CCS(=O)(=O)C1. The van der Waals surface area contributed by atoms with Crippen LogP contribution >= 0.6 is 11.8 Å². The monoisotopic (exact) mass is 384 g/mol. The Balaban J connectivity index is 2.06. The summed E-state index contributed by atoms with van der Waals surface area (Å²) in [6.07, 6.45) is 2.80. The minimum absolute atomic E-state index is 0.0619. The number of benzene rings is 1. The van der Waals surface area contributed by atoms with E-state index in [1.54, 1.807) is 43.0 Å². The third-order valence-electron chi connectivity index (χ3n) is 4.20. The van der Waals surface area contributed by atoms with E-state index < -0.39 is 21.4 Å². The van der Waals surface area contributed by atoms with Gasteiger partial charge in [0.2, 0.25) is 5.91 Å². The largest absolute Gasteiger partial charge is 0.348 e. The minimum atomic E-state index is -3.11. The van der Waals surface area contributed by atoms with Gasteiger partial charge in [-0.2, -0.15) is 11.8 Å². The summed E-state index contributed by atoms with van der Waals surface area (Å²) < 4.78 is 23.4. The molecule has 2 rings (SSSR count). The number of hydrogen-bond donors (Lipinski definition) is 2. The first-order valence-electron chi connectivity index (χ1n) is 8.12. The van der Waals surface area contributed by atoms with Crippen LogP contribution in [-0.4, -0.2) is 55.3 Å². The molecule has 6 nitrogen and oxygen atoms in total. The van der Waals surface area contributed by atoms with Crippen LogP contribution in [0.25, 0.3) is 0 Å². The van der Waals surface area contributed by atoms with E-state index in [1.807, 2.05) is 12.3 Å². The molecule has 0 spiro atoms. The molecule has 138 valence electrons. The molecular formula is C17H24N2O4S2. The highest BCUT2D eigenvalue weighted by atomic mass is 32.2. The molecule has 1 aliphatic rings. The van der Waals surface area contributed by atoms with Gasteiger partial charge in [0.15, 0.2) is 9.84 Å². The molecule has 0 aromatic heterocycles. The molecular weight excluding hydrogens is 360 g/mol. The van der Waals surface area contributed by atoms with Crippen LogP contribution in [0.2, 0.25) is 0 Å². The molecule has 1 aromatic rings. The maximum absolute atomic E-state index is 12.7. The lowest BCUT2D eigenvalue weighted by Crippen LogP contribution is -2.55. The summed E-state index contributed by atoms with van der Waals surface area (Å²) in [7, 11) is -3.11. The fraction of sp³-hybridized carbons (Fsp3) is 0.529. The molecule has 1 aromatic carbocycles. The zero-order valence-corrected chi connectivity index (χ0v) is 16.1. The van der Waals surface area contributed by atoms with Gasteiger partial charge in [0.1, 0.15) is 6.04 Å². The van der Waals surface area contributed by atoms with Crippen molar-refractivity contribution in [1.82, 2.24) is 10.6 Å². The van der Waals surface area contributed by atoms with Gasteiger partial charge in [0, 0.05) is 5.56 Å². The number of sulfone groups is 1. The standard InChI is InChI=1S/C17H24N2O4S2/c1-17(9-11-25(22,23)12-17)19-16(21)14(8-10-24-2)18-15(20)13-6-4-3-5-7-13/h3-7,14H,8-12H2,1-2H3,(H,18,20)(H,19,21)/t14-,17-/m0/s1. The molecule has 8 heteroatoms. The van der Waals surface area contributed by atoms with Crippen molar-refractivity contribution in [2.24, 2.45) is 0 Å². The number of rotatable bonds is 7. The average molecular weight is 385 g/mol. The smallest absolute Gasteiger partial charge is 0.251 e. The third kappa shape index (κ3) is 5.74. The summed E-state index contributed by atoms with van der Waals surface area (Å²) in [5.74, 6) is 0.0785. The Morgan fingerprint density at radius 2 is 1.96 bits per heavy atom. The van der Waals surface area contributed by atoms with Gasteiger partial charge in [0.25, 0.3) is 5.91 Å². The molecule has 0 aliphatic carbocycles.